The zero-order chi connectivity index (χ0) is 16.3. The zero-order valence-electron chi connectivity index (χ0n) is 14.8. The van der Waals surface area contributed by atoms with Crippen LogP contribution in [0.25, 0.3) is 0 Å². The van der Waals surface area contributed by atoms with Crippen LogP contribution < -0.4 is 4.72 Å². The van der Waals surface area contributed by atoms with Gasteiger partial charge in [-0.25, -0.2) is 13.1 Å². The highest BCUT2D eigenvalue weighted by Crippen LogP contribution is 2.22. The number of rotatable bonds is 7. The Morgan fingerprint density at radius 1 is 0.818 bits per heavy atom. The summed E-state index contributed by atoms with van der Waals surface area (Å²) in [5.74, 6) is 0. The number of hydrogen-bond donors (Lipinski definition) is 1. The van der Waals surface area contributed by atoms with Crippen molar-refractivity contribution in [3.05, 3.63) is 0 Å². The molecule has 0 saturated heterocycles. The van der Waals surface area contributed by atoms with E-state index in [9.17, 15) is 8.42 Å². The summed E-state index contributed by atoms with van der Waals surface area (Å²) in [7, 11) is -3.16. The second kappa shape index (κ2) is 11.4. The van der Waals surface area contributed by atoms with Crippen molar-refractivity contribution in [3.63, 3.8) is 0 Å². The van der Waals surface area contributed by atoms with Crippen LogP contribution in [0.15, 0.2) is 0 Å². The molecule has 1 aliphatic rings. The van der Waals surface area contributed by atoms with Gasteiger partial charge in [0.1, 0.15) is 0 Å². The molecule has 0 aliphatic heterocycles. The molecule has 1 saturated carbocycles. The topological polar surface area (TPSA) is 46.2 Å². The Bertz CT molecular complexity index is 349. The fourth-order valence-electron chi connectivity index (χ4n) is 3.55. The Morgan fingerprint density at radius 3 is 1.64 bits per heavy atom. The molecule has 1 aliphatic carbocycles. The van der Waals surface area contributed by atoms with Crippen molar-refractivity contribution in [1.29, 1.82) is 0 Å². The van der Waals surface area contributed by atoms with Crippen molar-refractivity contribution in [2.24, 2.45) is 0 Å². The molecule has 0 aromatic heterocycles. The van der Waals surface area contributed by atoms with E-state index >= 15 is 0 Å². The van der Waals surface area contributed by atoms with E-state index in [1.54, 1.807) is 0 Å². The first-order valence-electron chi connectivity index (χ1n) is 9.61. The minimum absolute atomic E-state index is 0.137. The SMILES string of the molecule is CCCC(CCC)NS(=O)(=O)C1CCCCCCCCCC1. The molecule has 4 heteroatoms. The van der Waals surface area contributed by atoms with Crippen molar-refractivity contribution in [3.8, 4) is 0 Å². The van der Waals surface area contributed by atoms with Gasteiger partial charge in [-0.15, -0.1) is 0 Å². The summed E-state index contributed by atoms with van der Waals surface area (Å²) < 4.78 is 28.6. The van der Waals surface area contributed by atoms with Crippen molar-refractivity contribution in [2.75, 3.05) is 0 Å². The maximum atomic E-state index is 12.8. The van der Waals surface area contributed by atoms with E-state index in [0.29, 0.717) is 0 Å². The van der Waals surface area contributed by atoms with Gasteiger partial charge in [0.15, 0.2) is 0 Å². The largest absolute Gasteiger partial charge is 0.214 e. The molecule has 0 aromatic carbocycles. The summed E-state index contributed by atoms with van der Waals surface area (Å²) in [6.07, 6.45) is 15.4. The standard InChI is InChI=1S/C18H37NO2S/c1-3-13-17(14-4-2)19-22(20,21)18-15-11-9-7-5-6-8-10-12-16-18/h17-19H,3-16H2,1-2H3. The Hall–Kier alpha value is -0.0900. The number of nitrogens with one attached hydrogen (secondary N) is 1. The average molecular weight is 332 g/mol. The van der Waals surface area contributed by atoms with E-state index in [1.165, 1.54) is 38.5 Å². The molecule has 1 fully saturated rings. The fraction of sp³-hybridized carbons (Fsp3) is 1.00. The van der Waals surface area contributed by atoms with Gasteiger partial charge in [0.05, 0.1) is 5.25 Å². The predicted octanol–water partition coefficient (Wildman–Crippen LogP) is 5.16. The van der Waals surface area contributed by atoms with E-state index < -0.39 is 10.0 Å². The van der Waals surface area contributed by atoms with E-state index in [4.69, 9.17) is 0 Å². The van der Waals surface area contributed by atoms with E-state index in [2.05, 4.69) is 18.6 Å². The van der Waals surface area contributed by atoms with Gasteiger partial charge < -0.3 is 0 Å². The fourth-order valence-corrected chi connectivity index (χ4v) is 5.39. The van der Waals surface area contributed by atoms with Gasteiger partial charge in [-0.3, -0.25) is 0 Å². The van der Waals surface area contributed by atoms with Crippen molar-refractivity contribution in [2.45, 2.75) is 115 Å². The summed E-state index contributed by atoms with van der Waals surface area (Å²) in [5, 5.41) is -0.165. The van der Waals surface area contributed by atoms with Gasteiger partial charge in [-0.2, -0.15) is 0 Å². The van der Waals surface area contributed by atoms with Gasteiger partial charge >= 0.3 is 0 Å². The lowest BCUT2D eigenvalue weighted by atomic mass is 10.1. The summed E-state index contributed by atoms with van der Waals surface area (Å²) in [6.45, 7) is 4.26. The third-order valence-corrected chi connectivity index (χ3v) is 6.86. The molecule has 132 valence electrons. The van der Waals surface area contributed by atoms with Gasteiger partial charge in [0.2, 0.25) is 10.0 Å². The highest BCUT2D eigenvalue weighted by Gasteiger charge is 2.27. The van der Waals surface area contributed by atoms with Crippen molar-refractivity contribution in [1.82, 2.24) is 4.72 Å². The monoisotopic (exact) mass is 331 g/mol. The van der Waals surface area contributed by atoms with E-state index in [-0.39, 0.29) is 11.3 Å². The van der Waals surface area contributed by atoms with Crippen LogP contribution in [-0.4, -0.2) is 19.7 Å². The Balaban J connectivity index is 2.63. The third kappa shape index (κ3) is 7.96. The summed E-state index contributed by atoms with van der Waals surface area (Å²) in [5.41, 5.74) is 0. The smallest absolute Gasteiger partial charge is 0.212 e. The van der Waals surface area contributed by atoms with Crippen LogP contribution >= 0.6 is 0 Å². The highest BCUT2D eigenvalue weighted by molar-refractivity contribution is 7.90. The molecule has 0 unspecified atom stereocenters. The lowest BCUT2D eigenvalue weighted by Gasteiger charge is -2.23. The van der Waals surface area contributed by atoms with Crippen LogP contribution in [0.1, 0.15) is 104 Å². The first-order valence-corrected chi connectivity index (χ1v) is 11.2. The van der Waals surface area contributed by atoms with Crippen LogP contribution in [0.5, 0.6) is 0 Å². The number of hydrogen-bond acceptors (Lipinski definition) is 2. The normalized spacial score (nSPS) is 20.0. The minimum Gasteiger partial charge on any atom is -0.212 e. The molecule has 0 radical (unpaired) electrons. The maximum absolute atomic E-state index is 12.8. The molecule has 3 nitrogen and oxygen atoms in total. The molecule has 1 N–H and O–H groups in total. The Kier molecular flexibility index (Phi) is 10.4. The molecule has 1 rings (SSSR count). The summed E-state index contributed by atoms with van der Waals surface area (Å²) in [4.78, 5) is 0. The zero-order valence-corrected chi connectivity index (χ0v) is 15.6. The van der Waals surface area contributed by atoms with Crippen molar-refractivity contribution < 1.29 is 8.42 Å². The van der Waals surface area contributed by atoms with Gasteiger partial charge in [0, 0.05) is 6.04 Å². The summed E-state index contributed by atoms with van der Waals surface area (Å²) >= 11 is 0. The highest BCUT2D eigenvalue weighted by atomic mass is 32.2. The molecule has 0 bridgehead atoms. The molecule has 0 amide bonds. The first-order chi connectivity index (χ1) is 10.6. The van der Waals surface area contributed by atoms with E-state index in [0.717, 1.165) is 51.4 Å². The predicted molar refractivity (Wildman–Crippen MR) is 95.6 cm³/mol. The van der Waals surface area contributed by atoms with Crippen LogP contribution in [0.2, 0.25) is 0 Å². The molecular weight excluding hydrogens is 294 g/mol. The van der Waals surface area contributed by atoms with Crippen LogP contribution in [-0.2, 0) is 10.0 Å². The average Bonchev–Trinajstić information content (AvgIpc) is 2.52. The molecule has 0 atom stereocenters. The maximum Gasteiger partial charge on any atom is 0.214 e. The van der Waals surface area contributed by atoms with Crippen LogP contribution in [0.3, 0.4) is 0 Å². The van der Waals surface area contributed by atoms with Crippen LogP contribution in [0, 0.1) is 0 Å². The van der Waals surface area contributed by atoms with Crippen LogP contribution in [0.4, 0.5) is 0 Å². The molecule has 0 aromatic rings. The Morgan fingerprint density at radius 2 is 1.23 bits per heavy atom. The molecule has 0 spiro atoms. The lowest BCUT2D eigenvalue weighted by molar-refractivity contribution is 0.475. The molecule has 0 heterocycles. The van der Waals surface area contributed by atoms with Gasteiger partial charge in [-0.1, -0.05) is 78.1 Å². The van der Waals surface area contributed by atoms with Crippen molar-refractivity contribution >= 4 is 10.0 Å². The number of sulfonamides is 1. The van der Waals surface area contributed by atoms with E-state index in [1.807, 2.05) is 0 Å². The molecular formula is C18H37NO2S. The quantitative estimate of drug-likeness (QED) is 0.700. The Labute approximate surface area is 138 Å². The minimum atomic E-state index is -3.16. The summed E-state index contributed by atoms with van der Waals surface area (Å²) in [6, 6.07) is 0.137. The second-order valence-corrected chi connectivity index (χ2v) is 8.96. The lowest BCUT2D eigenvalue weighted by Crippen LogP contribution is -2.41. The first kappa shape index (κ1) is 20.0. The third-order valence-electron chi connectivity index (χ3n) is 4.85. The van der Waals surface area contributed by atoms with Gasteiger partial charge in [0.25, 0.3) is 0 Å². The molecule has 22 heavy (non-hydrogen) atoms. The van der Waals surface area contributed by atoms with Gasteiger partial charge in [-0.05, 0) is 25.7 Å². The second-order valence-electron chi connectivity index (χ2n) is 6.96.